The number of ether oxygens (including phenoxy) is 5. The highest BCUT2D eigenvalue weighted by molar-refractivity contribution is 7.80. The van der Waals surface area contributed by atoms with Crippen LogP contribution in [0, 0.1) is 0 Å². The van der Waals surface area contributed by atoms with Crippen molar-refractivity contribution in [2.24, 2.45) is 0 Å². The molecule has 0 aliphatic heterocycles. The monoisotopic (exact) mass is 338 g/mol. The maximum atomic E-state index is 11.4. The largest absolute Gasteiger partial charge is 0.460 e. The van der Waals surface area contributed by atoms with Crippen molar-refractivity contribution in [1.82, 2.24) is 0 Å². The SMILES string of the molecule is CC(C)(C)OC(=O)CCOCCOCCOCCOCCS. The van der Waals surface area contributed by atoms with Gasteiger partial charge in [-0.25, -0.2) is 0 Å². The van der Waals surface area contributed by atoms with E-state index < -0.39 is 5.60 Å². The average molecular weight is 338 g/mol. The van der Waals surface area contributed by atoms with Crippen molar-refractivity contribution in [2.75, 3.05) is 58.6 Å². The van der Waals surface area contributed by atoms with E-state index in [0.29, 0.717) is 52.9 Å². The summed E-state index contributed by atoms with van der Waals surface area (Å²) in [6, 6.07) is 0. The summed E-state index contributed by atoms with van der Waals surface area (Å²) in [5.74, 6) is 0.471. The summed E-state index contributed by atoms with van der Waals surface area (Å²) >= 11 is 4.03. The molecule has 0 aliphatic rings. The van der Waals surface area contributed by atoms with Crippen molar-refractivity contribution in [1.29, 1.82) is 0 Å². The van der Waals surface area contributed by atoms with Crippen molar-refractivity contribution in [3.05, 3.63) is 0 Å². The molecule has 22 heavy (non-hydrogen) atoms. The smallest absolute Gasteiger partial charge is 0.308 e. The van der Waals surface area contributed by atoms with E-state index in [9.17, 15) is 4.79 Å². The van der Waals surface area contributed by atoms with Gasteiger partial charge in [0, 0.05) is 5.75 Å². The first kappa shape index (κ1) is 21.7. The molecule has 0 rings (SSSR count). The van der Waals surface area contributed by atoms with Crippen LogP contribution in [0.2, 0.25) is 0 Å². The maximum Gasteiger partial charge on any atom is 0.308 e. The second-order valence-corrected chi connectivity index (χ2v) is 5.96. The molecule has 132 valence electrons. The molecule has 0 aromatic heterocycles. The summed E-state index contributed by atoms with van der Waals surface area (Å²) in [6.45, 7) is 9.63. The minimum Gasteiger partial charge on any atom is -0.460 e. The van der Waals surface area contributed by atoms with Gasteiger partial charge in [0.05, 0.1) is 59.3 Å². The molecule has 0 N–H and O–H groups in total. The van der Waals surface area contributed by atoms with Crippen LogP contribution in [-0.4, -0.2) is 70.2 Å². The van der Waals surface area contributed by atoms with Crippen LogP contribution in [0.15, 0.2) is 0 Å². The Balaban J connectivity index is 3.16. The van der Waals surface area contributed by atoms with Crippen LogP contribution in [0.5, 0.6) is 0 Å². The van der Waals surface area contributed by atoms with Crippen molar-refractivity contribution in [3.63, 3.8) is 0 Å². The molecule has 0 aromatic rings. The van der Waals surface area contributed by atoms with Gasteiger partial charge in [-0.15, -0.1) is 0 Å². The fraction of sp³-hybridized carbons (Fsp3) is 0.933. The van der Waals surface area contributed by atoms with Gasteiger partial charge in [-0.05, 0) is 20.8 Å². The fourth-order valence-electron chi connectivity index (χ4n) is 1.37. The Hall–Kier alpha value is -0.340. The summed E-state index contributed by atoms with van der Waals surface area (Å²) in [5.41, 5.74) is -0.446. The fourth-order valence-corrected chi connectivity index (χ4v) is 1.50. The van der Waals surface area contributed by atoms with Crippen molar-refractivity contribution in [3.8, 4) is 0 Å². The second kappa shape index (κ2) is 14.3. The Kier molecular flexibility index (Phi) is 14.0. The minimum absolute atomic E-state index is 0.248. The van der Waals surface area contributed by atoms with Crippen molar-refractivity contribution in [2.45, 2.75) is 32.8 Å². The zero-order valence-electron chi connectivity index (χ0n) is 14.0. The van der Waals surface area contributed by atoms with Gasteiger partial charge in [-0.2, -0.15) is 12.6 Å². The Morgan fingerprint density at radius 1 is 0.773 bits per heavy atom. The van der Waals surface area contributed by atoms with Crippen molar-refractivity contribution < 1.29 is 28.5 Å². The third kappa shape index (κ3) is 17.7. The number of thiol groups is 1. The van der Waals surface area contributed by atoms with E-state index in [2.05, 4.69) is 12.6 Å². The van der Waals surface area contributed by atoms with E-state index in [1.54, 1.807) is 0 Å². The highest BCUT2D eigenvalue weighted by Gasteiger charge is 2.15. The molecule has 0 aromatic carbocycles. The standard InChI is InChI=1S/C15H30O6S/c1-15(2,3)21-14(16)4-5-17-6-7-18-8-9-19-10-11-20-12-13-22/h22H,4-13H2,1-3H3. The molecule has 0 saturated heterocycles. The molecule has 0 heterocycles. The molecule has 7 heteroatoms. The number of rotatable bonds is 14. The van der Waals surface area contributed by atoms with Crippen LogP contribution in [0.25, 0.3) is 0 Å². The van der Waals surface area contributed by atoms with Gasteiger partial charge in [0.2, 0.25) is 0 Å². The Morgan fingerprint density at radius 2 is 1.18 bits per heavy atom. The quantitative estimate of drug-likeness (QED) is 0.296. The molecule has 0 amide bonds. The lowest BCUT2D eigenvalue weighted by Gasteiger charge is -2.19. The number of hydrogen-bond donors (Lipinski definition) is 1. The normalized spacial score (nSPS) is 11.6. The average Bonchev–Trinajstić information content (AvgIpc) is 2.42. The van der Waals surface area contributed by atoms with E-state index in [-0.39, 0.29) is 12.4 Å². The van der Waals surface area contributed by atoms with Gasteiger partial charge in [-0.3, -0.25) is 4.79 Å². The zero-order valence-corrected chi connectivity index (χ0v) is 14.9. The molecule has 6 nitrogen and oxygen atoms in total. The molecule has 0 fully saturated rings. The molecular weight excluding hydrogens is 308 g/mol. The van der Waals surface area contributed by atoms with Crippen LogP contribution in [-0.2, 0) is 28.5 Å². The maximum absolute atomic E-state index is 11.4. The lowest BCUT2D eigenvalue weighted by molar-refractivity contribution is -0.156. The summed E-state index contributed by atoms with van der Waals surface area (Å²) in [6.07, 6.45) is 0.257. The molecule has 0 saturated carbocycles. The number of carbonyl (C=O) groups is 1. The summed E-state index contributed by atoms with van der Waals surface area (Å²) in [5, 5.41) is 0. The molecule has 0 aliphatic carbocycles. The van der Waals surface area contributed by atoms with Gasteiger partial charge in [0.1, 0.15) is 5.60 Å². The molecular formula is C15H30O6S. The molecule has 0 bridgehead atoms. The van der Waals surface area contributed by atoms with E-state index in [4.69, 9.17) is 23.7 Å². The highest BCUT2D eigenvalue weighted by Crippen LogP contribution is 2.07. The second-order valence-electron chi connectivity index (χ2n) is 5.51. The van der Waals surface area contributed by atoms with Crippen LogP contribution in [0.3, 0.4) is 0 Å². The van der Waals surface area contributed by atoms with Crippen LogP contribution >= 0.6 is 12.6 Å². The highest BCUT2D eigenvalue weighted by atomic mass is 32.1. The first-order chi connectivity index (χ1) is 10.5. The van der Waals surface area contributed by atoms with E-state index in [1.807, 2.05) is 20.8 Å². The van der Waals surface area contributed by atoms with Crippen molar-refractivity contribution >= 4 is 18.6 Å². The van der Waals surface area contributed by atoms with Gasteiger partial charge < -0.3 is 23.7 Å². The predicted molar refractivity (Wildman–Crippen MR) is 87.6 cm³/mol. The lowest BCUT2D eigenvalue weighted by atomic mass is 10.2. The number of esters is 1. The first-order valence-corrected chi connectivity index (χ1v) is 8.22. The first-order valence-electron chi connectivity index (χ1n) is 7.59. The van der Waals surface area contributed by atoms with Gasteiger partial charge in [-0.1, -0.05) is 0 Å². The number of carbonyl (C=O) groups excluding carboxylic acids is 1. The lowest BCUT2D eigenvalue weighted by Crippen LogP contribution is -2.24. The third-order valence-electron chi connectivity index (χ3n) is 2.22. The Bertz CT molecular complexity index is 267. The Morgan fingerprint density at radius 3 is 1.59 bits per heavy atom. The van der Waals surface area contributed by atoms with Crippen LogP contribution in [0.4, 0.5) is 0 Å². The molecule has 0 radical (unpaired) electrons. The molecule has 0 unspecified atom stereocenters. The molecule has 0 spiro atoms. The summed E-state index contributed by atoms with van der Waals surface area (Å²) < 4.78 is 26.3. The van der Waals surface area contributed by atoms with Gasteiger partial charge in [0.25, 0.3) is 0 Å². The number of hydrogen-bond acceptors (Lipinski definition) is 7. The van der Waals surface area contributed by atoms with E-state index in [0.717, 1.165) is 5.75 Å². The third-order valence-corrected chi connectivity index (χ3v) is 2.40. The summed E-state index contributed by atoms with van der Waals surface area (Å²) in [7, 11) is 0. The molecule has 0 atom stereocenters. The minimum atomic E-state index is -0.446. The van der Waals surface area contributed by atoms with E-state index >= 15 is 0 Å². The van der Waals surface area contributed by atoms with E-state index in [1.165, 1.54) is 0 Å². The van der Waals surface area contributed by atoms with Gasteiger partial charge in [0.15, 0.2) is 0 Å². The van der Waals surface area contributed by atoms with Crippen LogP contribution < -0.4 is 0 Å². The zero-order chi connectivity index (χ0) is 16.7. The Labute approximate surface area is 139 Å². The summed E-state index contributed by atoms with van der Waals surface area (Å²) in [4.78, 5) is 11.4. The van der Waals surface area contributed by atoms with Gasteiger partial charge >= 0.3 is 5.97 Å². The predicted octanol–water partition coefficient (Wildman–Crippen LogP) is 1.71. The van der Waals surface area contributed by atoms with Crippen LogP contribution in [0.1, 0.15) is 27.2 Å². The topological polar surface area (TPSA) is 63.2 Å².